The van der Waals surface area contributed by atoms with Gasteiger partial charge in [0, 0.05) is 6.54 Å². The second kappa shape index (κ2) is 3.25. The van der Waals surface area contributed by atoms with Gasteiger partial charge in [0.1, 0.15) is 0 Å². The van der Waals surface area contributed by atoms with Crippen LogP contribution in [0.1, 0.15) is 17.2 Å². The molecule has 1 aliphatic rings. The van der Waals surface area contributed by atoms with E-state index < -0.39 is 0 Å². The van der Waals surface area contributed by atoms with Crippen LogP contribution in [-0.2, 0) is 6.42 Å². The van der Waals surface area contributed by atoms with Gasteiger partial charge < -0.3 is 10.4 Å². The van der Waals surface area contributed by atoms with Crippen molar-refractivity contribution < 1.29 is 5.11 Å². The van der Waals surface area contributed by atoms with E-state index in [1.807, 2.05) is 18.2 Å². The van der Waals surface area contributed by atoms with Crippen molar-refractivity contribution >= 4 is 0 Å². The van der Waals surface area contributed by atoms with Crippen LogP contribution in [0.25, 0.3) is 0 Å². The van der Waals surface area contributed by atoms with Gasteiger partial charge in [-0.05, 0) is 24.1 Å². The minimum absolute atomic E-state index is 0.330. The first-order valence-corrected chi connectivity index (χ1v) is 4.34. The lowest BCUT2D eigenvalue weighted by Crippen LogP contribution is -2.19. The number of aliphatic hydroxyl groups excluding tert-OH is 1. The second-order valence-corrected chi connectivity index (χ2v) is 3.17. The van der Waals surface area contributed by atoms with Gasteiger partial charge in [0.15, 0.2) is 0 Å². The van der Waals surface area contributed by atoms with Crippen LogP contribution in [0.15, 0.2) is 24.3 Å². The Morgan fingerprint density at radius 2 is 2.17 bits per heavy atom. The topological polar surface area (TPSA) is 32.3 Å². The van der Waals surface area contributed by atoms with Gasteiger partial charge >= 0.3 is 0 Å². The molecule has 0 amide bonds. The lowest BCUT2D eigenvalue weighted by molar-refractivity contribution is 0.178. The van der Waals surface area contributed by atoms with Crippen molar-refractivity contribution in [2.75, 3.05) is 13.1 Å². The molecular weight excluding hydrogens is 150 g/mol. The van der Waals surface area contributed by atoms with Crippen LogP contribution in [0.3, 0.4) is 0 Å². The van der Waals surface area contributed by atoms with Gasteiger partial charge in [0.2, 0.25) is 0 Å². The van der Waals surface area contributed by atoms with Gasteiger partial charge in [-0.2, -0.15) is 0 Å². The van der Waals surface area contributed by atoms with E-state index in [-0.39, 0.29) is 6.10 Å². The van der Waals surface area contributed by atoms with Crippen LogP contribution in [-0.4, -0.2) is 18.2 Å². The van der Waals surface area contributed by atoms with E-state index in [2.05, 4.69) is 11.4 Å². The predicted octanol–water partition coefficient (Wildman–Crippen LogP) is 0.866. The standard InChI is InChI=1S/C10H13NO/c12-10-7-11-6-5-8-3-1-2-4-9(8)10/h1-4,10-12H,5-7H2/t10-/m0/s1. The van der Waals surface area contributed by atoms with E-state index in [1.54, 1.807) is 0 Å². The van der Waals surface area contributed by atoms with Crippen LogP contribution in [0.4, 0.5) is 0 Å². The Balaban J connectivity index is 2.39. The summed E-state index contributed by atoms with van der Waals surface area (Å²) in [7, 11) is 0. The lowest BCUT2D eigenvalue weighted by Gasteiger charge is -2.09. The first-order chi connectivity index (χ1) is 5.88. The Morgan fingerprint density at radius 3 is 3.08 bits per heavy atom. The molecule has 0 bridgehead atoms. The third-order valence-electron chi connectivity index (χ3n) is 2.32. The van der Waals surface area contributed by atoms with Crippen molar-refractivity contribution in [2.45, 2.75) is 12.5 Å². The Bertz CT molecular complexity index is 272. The largest absolute Gasteiger partial charge is 0.387 e. The highest BCUT2D eigenvalue weighted by molar-refractivity contribution is 5.30. The summed E-state index contributed by atoms with van der Waals surface area (Å²) in [4.78, 5) is 0. The van der Waals surface area contributed by atoms with Crippen molar-refractivity contribution in [2.24, 2.45) is 0 Å². The van der Waals surface area contributed by atoms with E-state index in [9.17, 15) is 5.11 Å². The molecule has 1 heterocycles. The number of hydrogen-bond donors (Lipinski definition) is 2. The molecule has 0 saturated heterocycles. The summed E-state index contributed by atoms with van der Waals surface area (Å²) in [6, 6.07) is 8.10. The van der Waals surface area contributed by atoms with Crippen LogP contribution < -0.4 is 5.32 Å². The van der Waals surface area contributed by atoms with Crippen molar-refractivity contribution in [1.82, 2.24) is 5.32 Å². The molecule has 0 aromatic heterocycles. The Kier molecular flexibility index (Phi) is 2.11. The SMILES string of the molecule is O[C@H]1CNCCc2ccccc21. The van der Waals surface area contributed by atoms with Gasteiger partial charge in [-0.15, -0.1) is 0 Å². The molecular formula is C10H13NO. The maximum Gasteiger partial charge on any atom is 0.0917 e. The summed E-state index contributed by atoms with van der Waals surface area (Å²) in [5.41, 5.74) is 2.36. The average molecular weight is 163 g/mol. The number of fused-ring (bicyclic) bond motifs is 1. The molecule has 0 fully saturated rings. The zero-order valence-electron chi connectivity index (χ0n) is 6.96. The molecule has 64 valence electrons. The summed E-state index contributed by atoms with van der Waals surface area (Å²) in [5.74, 6) is 0. The number of hydrogen-bond acceptors (Lipinski definition) is 2. The van der Waals surface area contributed by atoms with Crippen molar-refractivity contribution in [1.29, 1.82) is 0 Å². The summed E-state index contributed by atoms with van der Waals surface area (Å²) in [6.07, 6.45) is 0.691. The maximum atomic E-state index is 9.68. The predicted molar refractivity (Wildman–Crippen MR) is 48.0 cm³/mol. The molecule has 1 aromatic carbocycles. The normalized spacial score (nSPS) is 22.9. The molecule has 2 heteroatoms. The molecule has 12 heavy (non-hydrogen) atoms. The number of β-amino-alcohol motifs (C(OH)–C–C–N with tert-alkyl or cyclic N) is 1. The zero-order valence-corrected chi connectivity index (χ0v) is 6.96. The smallest absolute Gasteiger partial charge is 0.0917 e. The Labute approximate surface area is 72.2 Å². The number of rotatable bonds is 0. The van der Waals surface area contributed by atoms with Gasteiger partial charge in [-0.1, -0.05) is 24.3 Å². The van der Waals surface area contributed by atoms with Gasteiger partial charge in [-0.3, -0.25) is 0 Å². The van der Waals surface area contributed by atoms with Gasteiger partial charge in [0.25, 0.3) is 0 Å². The Morgan fingerprint density at radius 1 is 1.33 bits per heavy atom. The van der Waals surface area contributed by atoms with E-state index in [4.69, 9.17) is 0 Å². The number of benzene rings is 1. The molecule has 1 aromatic rings. The minimum Gasteiger partial charge on any atom is -0.387 e. The van der Waals surface area contributed by atoms with Crippen LogP contribution >= 0.6 is 0 Å². The summed E-state index contributed by atoms with van der Waals surface area (Å²) < 4.78 is 0. The maximum absolute atomic E-state index is 9.68. The third kappa shape index (κ3) is 1.36. The molecule has 0 saturated carbocycles. The van der Waals surface area contributed by atoms with Crippen LogP contribution in [0, 0.1) is 0 Å². The molecule has 2 nitrogen and oxygen atoms in total. The zero-order chi connectivity index (χ0) is 8.39. The van der Waals surface area contributed by atoms with E-state index in [0.717, 1.165) is 18.5 Å². The molecule has 0 aliphatic carbocycles. The minimum atomic E-state index is -0.330. The second-order valence-electron chi connectivity index (χ2n) is 3.17. The molecule has 0 radical (unpaired) electrons. The van der Waals surface area contributed by atoms with E-state index >= 15 is 0 Å². The average Bonchev–Trinajstić information content (AvgIpc) is 2.29. The highest BCUT2D eigenvalue weighted by Gasteiger charge is 2.14. The molecule has 2 N–H and O–H groups in total. The molecule has 0 spiro atoms. The fraction of sp³-hybridized carbons (Fsp3) is 0.400. The molecule has 2 rings (SSSR count). The number of aliphatic hydroxyl groups is 1. The highest BCUT2D eigenvalue weighted by Crippen LogP contribution is 2.19. The van der Waals surface area contributed by atoms with Crippen LogP contribution in [0.2, 0.25) is 0 Å². The number of nitrogens with one attached hydrogen (secondary N) is 1. The highest BCUT2D eigenvalue weighted by atomic mass is 16.3. The lowest BCUT2D eigenvalue weighted by atomic mass is 10.0. The summed E-state index contributed by atoms with van der Waals surface area (Å²) in [5, 5.41) is 12.9. The Hall–Kier alpha value is -0.860. The van der Waals surface area contributed by atoms with E-state index in [1.165, 1.54) is 5.56 Å². The first-order valence-electron chi connectivity index (χ1n) is 4.34. The molecule has 1 atom stereocenters. The van der Waals surface area contributed by atoms with E-state index in [0.29, 0.717) is 6.54 Å². The van der Waals surface area contributed by atoms with Gasteiger partial charge in [0.05, 0.1) is 6.10 Å². The van der Waals surface area contributed by atoms with Gasteiger partial charge in [-0.25, -0.2) is 0 Å². The van der Waals surface area contributed by atoms with Crippen molar-refractivity contribution in [3.63, 3.8) is 0 Å². The molecule has 0 unspecified atom stereocenters. The molecule has 1 aliphatic heterocycles. The fourth-order valence-corrected chi connectivity index (χ4v) is 1.66. The van der Waals surface area contributed by atoms with Crippen molar-refractivity contribution in [3.8, 4) is 0 Å². The summed E-state index contributed by atoms with van der Waals surface area (Å²) in [6.45, 7) is 1.64. The summed E-state index contributed by atoms with van der Waals surface area (Å²) >= 11 is 0. The van der Waals surface area contributed by atoms with Crippen LogP contribution in [0.5, 0.6) is 0 Å². The third-order valence-corrected chi connectivity index (χ3v) is 2.32. The first kappa shape index (κ1) is 7.77. The monoisotopic (exact) mass is 163 g/mol. The quantitative estimate of drug-likeness (QED) is 0.594. The fourth-order valence-electron chi connectivity index (χ4n) is 1.66. The van der Waals surface area contributed by atoms with Crippen molar-refractivity contribution in [3.05, 3.63) is 35.4 Å².